The number of nitrogens with one attached hydrogen (secondary N) is 2. The molecule has 3 amide bonds. The normalized spacial score (nSPS) is 19.5. The lowest BCUT2D eigenvalue weighted by Gasteiger charge is -2.35. The number of terminal acetylenes is 1. The number of thiol groups is 1. The van der Waals surface area contributed by atoms with E-state index in [0.29, 0.717) is 11.1 Å². The molecule has 8 heteroatoms. The number of carbonyl (C=O) groups is 3. The Kier molecular flexibility index (Phi) is 10.1. The Morgan fingerprint density at radius 1 is 1.23 bits per heavy atom. The standard InChI is InChI=1S/C27H39N3O4S/c1-8-10-18(4)28-24(31)23(20-13-11-19(9-2)12-14-20)30(22-15-17(22)3)25(32)21(16-35)29-26(33)34-27(5,6)7/h2,11-14,17-18,21-23,35H,8,10,15-16H2,1,3-7H3,(H,28,31)(H,29,33). The predicted octanol–water partition coefficient (Wildman–Crippen LogP) is 4.07. The van der Waals surface area contributed by atoms with Crippen LogP contribution in [0.2, 0.25) is 0 Å². The largest absolute Gasteiger partial charge is 0.444 e. The molecule has 5 unspecified atom stereocenters. The van der Waals surface area contributed by atoms with E-state index in [-0.39, 0.29) is 35.6 Å². The van der Waals surface area contributed by atoms with Crippen LogP contribution in [0, 0.1) is 18.3 Å². The van der Waals surface area contributed by atoms with Crippen LogP contribution in [0.5, 0.6) is 0 Å². The number of nitrogens with zero attached hydrogens (tertiary/aromatic N) is 1. The van der Waals surface area contributed by atoms with Crippen LogP contribution in [0.4, 0.5) is 4.79 Å². The third kappa shape index (κ3) is 8.21. The van der Waals surface area contributed by atoms with Crippen LogP contribution in [0.3, 0.4) is 0 Å². The molecule has 1 aliphatic carbocycles. The first-order valence-corrected chi connectivity index (χ1v) is 12.8. The molecule has 0 aromatic heterocycles. The molecular formula is C27H39N3O4S. The van der Waals surface area contributed by atoms with E-state index in [1.807, 2.05) is 13.8 Å². The SMILES string of the molecule is C#Cc1ccc(C(C(=O)NC(C)CCC)N(C(=O)C(CS)NC(=O)OC(C)(C)C)C2CC2C)cc1. The monoisotopic (exact) mass is 501 g/mol. The van der Waals surface area contributed by atoms with Crippen molar-refractivity contribution in [3.05, 3.63) is 35.4 Å². The van der Waals surface area contributed by atoms with Gasteiger partial charge in [0, 0.05) is 23.4 Å². The summed E-state index contributed by atoms with van der Waals surface area (Å²) in [4.78, 5) is 41.5. The average Bonchev–Trinajstić information content (AvgIpc) is 3.49. The summed E-state index contributed by atoms with van der Waals surface area (Å²) in [5, 5.41) is 5.70. The first-order valence-electron chi connectivity index (χ1n) is 12.2. The molecule has 1 aliphatic rings. The van der Waals surface area contributed by atoms with Gasteiger partial charge < -0.3 is 20.3 Å². The Morgan fingerprint density at radius 3 is 2.29 bits per heavy atom. The fraction of sp³-hybridized carbons (Fsp3) is 0.593. The fourth-order valence-electron chi connectivity index (χ4n) is 4.01. The third-order valence-electron chi connectivity index (χ3n) is 5.88. The van der Waals surface area contributed by atoms with Crippen molar-refractivity contribution >= 4 is 30.5 Å². The Morgan fingerprint density at radius 2 is 1.83 bits per heavy atom. The average molecular weight is 502 g/mol. The predicted molar refractivity (Wildman–Crippen MR) is 141 cm³/mol. The number of hydrogen-bond acceptors (Lipinski definition) is 5. The van der Waals surface area contributed by atoms with Crippen molar-refractivity contribution in [1.82, 2.24) is 15.5 Å². The summed E-state index contributed by atoms with van der Waals surface area (Å²) in [5.74, 6) is 2.24. The van der Waals surface area contributed by atoms with E-state index in [9.17, 15) is 14.4 Å². The lowest BCUT2D eigenvalue weighted by molar-refractivity contribution is -0.143. The van der Waals surface area contributed by atoms with Gasteiger partial charge in [-0.25, -0.2) is 4.79 Å². The van der Waals surface area contributed by atoms with E-state index in [1.165, 1.54) is 0 Å². The molecule has 35 heavy (non-hydrogen) atoms. The summed E-state index contributed by atoms with van der Waals surface area (Å²) in [6, 6.07) is 5.10. The molecule has 1 aromatic rings. The van der Waals surface area contributed by atoms with Crippen LogP contribution >= 0.6 is 12.6 Å². The van der Waals surface area contributed by atoms with Crippen LogP contribution in [-0.2, 0) is 14.3 Å². The number of benzene rings is 1. The molecular weight excluding hydrogens is 462 g/mol. The number of alkyl carbamates (subject to hydrolysis) is 1. The summed E-state index contributed by atoms with van der Waals surface area (Å²) in [7, 11) is 0. The Hall–Kier alpha value is -2.66. The summed E-state index contributed by atoms with van der Waals surface area (Å²) in [5.41, 5.74) is 0.632. The molecule has 0 spiro atoms. The fourth-order valence-corrected chi connectivity index (χ4v) is 4.26. The van der Waals surface area contributed by atoms with Crippen molar-refractivity contribution in [3.63, 3.8) is 0 Å². The molecule has 0 heterocycles. The molecule has 192 valence electrons. The van der Waals surface area contributed by atoms with Crippen molar-refractivity contribution in [1.29, 1.82) is 0 Å². The van der Waals surface area contributed by atoms with Crippen LogP contribution in [0.15, 0.2) is 24.3 Å². The highest BCUT2D eigenvalue weighted by atomic mass is 32.1. The molecule has 0 bridgehead atoms. The van der Waals surface area contributed by atoms with Gasteiger partial charge in [0.25, 0.3) is 0 Å². The van der Waals surface area contributed by atoms with Gasteiger partial charge in [0.2, 0.25) is 11.8 Å². The van der Waals surface area contributed by atoms with Crippen molar-refractivity contribution in [2.24, 2.45) is 5.92 Å². The van der Waals surface area contributed by atoms with Crippen molar-refractivity contribution in [2.45, 2.75) is 90.6 Å². The minimum atomic E-state index is -0.950. The smallest absolute Gasteiger partial charge is 0.408 e. The van der Waals surface area contributed by atoms with Crippen molar-refractivity contribution in [3.8, 4) is 12.3 Å². The Labute approximate surface area is 215 Å². The van der Waals surface area contributed by atoms with E-state index in [0.717, 1.165) is 19.3 Å². The number of hydrogen-bond donors (Lipinski definition) is 3. The van der Waals surface area contributed by atoms with Gasteiger partial charge in [0.1, 0.15) is 17.7 Å². The van der Waals surface area contributed by atoms with Gasteiger partial charge in [-0.05, 0) is 64.2 Å². The van der Waals surface area contributed by atoms with E-state index < -0.39 is 23.8 Å². The lowest BCUT2D eigenvalue weighted by atomic mass is 10.0. The molecule has 0 aliphatic heterocycles. The topological polar surface area (TPSA) is 87.7 Å². The van der Waals surface area contributed by atoms with Crippen molar-refractivity contribution < 1.29 is 19.1 Å². The van der Waals surface area contributed by atoms with Crippen LogP contribution < -0.4 is 10.6 Å². The number of amides is 3. The van der Waals surface area contributed by atoms with Gasteiger partial charge in [-0.1, -0.05) is 38.3 Å². The Balaban J connectivity index is 2.43. The maximum Gasteiger partial charge on any atom is 0.408 e. The number of carbonyl (C=O) groups excluding carboxylic acids is 3. The van der Waals surface area contributed by atoms with E-state index in [1.54, 1.807) is 49.9 Å². The van der Waals surface area contributed by atoms with Gasteiger partial charge in [-0.3, -0.25) is 9.59 Å². The molecule has 2 N–H and O–H groups in total. The first-order chi connectivity index (χ1) is 16.4. The molecule has 1 fully saturated rings. The van der Waals surface area contributed by atoms with E-state index >= 15 is 0 Å². The summed E-state index contributed by atoms with van der Waals surface area (Å²) in [6.45, 7) is 11.3. The number of rotatable bonds is 10. The maximum absolute atomic E-state index is 13.9. The molecule has 1 aromatic carbocycles. The highest BCUT2D eigenvalue weighted by molar-refractivity contribution is 7.80. The molecule has 0 radical (unpaired) electrons. The molecule has 0 saturated heterocycles. The van der Waals surface area contributed by atoms with Crippen LogP contribution in [-0.4, -0.2) is 52.3 Å². The van der Waals surface area contributed by atoms with Crippen LogP contribution in [0.1, 0.15) is 78.0 Å². The summed E-state index contributed by atoms with van der Waals surface area (Å²) >= 11 is 4.32. The highest BCUT2D eigenvalue weighted by Crippen LogP contribution is 2.40. The zero-order valence-corrected chi connectivity index (χ0v) is 22.5. The second kappa shape index (κ2) is 12.3. The third-order valence-corrected chi connectivity index (χ3v) is 6.25. The minimum absolute atomic E-state index is 0.0471. The van der Waals surface area contributed by atoms with E-state index in [2.05, 4.69) is 36.1 Å². The lowest BCUT2D eigenvalue weighted by Crippen LogP contribution is -2.55. The van der Waals surface area contributed by atoms with Gasteiger partial charge in [0.05, 0.1) is 0 Å². The molecule has 2 rings (SSSR count). The first kappa shape index (κ1) is 28.6. The second-order valence-electron chi connectivity index (χ2n) is 10.3. The van der Waals surface area contributed by atoms with Crippen molar-refractivity contribution in [2.75, 3.05) is 5.75 Å². The van der Waals surface area contributed by atoms with Gasteiger partial charge >= 0.3 is 6.09 Å². The zero-order valence-electron chi connectivity index (χ0n) is 21.6. The summed E-state index contributed by atoms with van der Waals surface area (Å²) in [6.07, 6.45) is 7.33. The zero-order chi connectivity index (χ0) is 26.3. The maximum atomic E-state index is 13.9. The summed E-state index contributed by atoms with van der Waals surface area (Å²) < 4.78 is 5.34. The number of ether oxygens (including phenoxy) is 1. The van der Waals surface area contributed by atoms with Crippen LogP contribution in [0.25, 0.3) is 0 Å². The Bertz CT molecular complexity index is 935. The second-order valence-corrected chi connectivity index (χ2v) is 10.6. The highest BCUT2D eigenvalue weighted by Gasteiger charge is 2.48. The van der Waals surface area contributed by atoms with Gasteiger partial charge in [-0.15, -0.1) is 6.42 Å². The molecule has 1 saturated carbocycles. The van der Waals surface area contributed by atoms with Gasteiger partial charge in [-0.2, -0.15) is 12.6 Å². The minimum Gasteiger partial charge on any atom is -0.444 e. The quantitative estimate of drug-likeness (QED) is 0.333. The van der Waals surface area contributed by atoms with E-state index in [4.69, 9.17) is 11.2 Å². The molecule has 7 nitrogen and oxygen atoms in total. The van der Waals surface area contributed by atoms with Gasteiger partial charge in [0.15, 0.2) is 0 Å². The molecule has 5 atom stereocenters.